The zero-order valence-corrected chi connectivity index (χ0v) is 7.88. The van der Waals surface area contributed by atoms with Gasteiger partial charge >= 0.3 is 0 Å². The summed E-state index contributed by atoms with van der Waals surface area (Å²) in [4.78, 5) is 0. The van der Waals surface area contributed by atoms with Gasteiger partial charge in [-0.1, -0.05) is 13.3 Å². The third kappa shape index (κ3) is 1.15. The number of hydrogen-bond acceptors (Lipinski definition) is 1. The van der Waals surface area contributed by atoms with Gasteiger partial charge in [-0.25, -0.2) is 0 Å². The molecule has 0 unspecified atom stereocenters. The summed E-state index contributed by atoms with van der Waals surface area (Å²) in [5.41, 5.74) is 2.68. The Hall–Kier alpha value is -0.790. The normalized spacial score (nSPS) is 17.8. The van der Waals surface area contributed by atoms with Crippen LogP contribution in [-0.2, 0) is 13.5 Å². The van der Waals surface area contributed by atoms with E-state index < -0.39 is 0 Å². The predicted octanol–water partition coefficient (Wildman–Crippen LogP) is 2.25. The van der Waals surface area contributed by atoms with Crippen LogP contribution in [0.1, 0.15) is 43.5 Å². The first-order valence-electron chi connectivity index (χ1n) is 4.84. The molecule has 0 N–H and O–H groups in total. The first-order valence-corrected chi connectivity index (χ1v) is 4.84. The summed E-state index contributed by atoms with van der Waals surface area (Å²) in [6.07, 6.45) is 5.18. The Labute approximate surface area is 73.6 Å². The quantitative estimate of drug-likeness (QED) is 0.655. The molecule has 1 aliphatic rings. The topological polar surface area (TPSA) is 17.8 Å². The van der Waals surface area contributed by atoms with Crippen LogP contribution in [0, 0.1) is 0 Å². The second kappa shape index (κ2) is 2.92. The van der Waals surface area contributed by atoms with Gasteiger partial charge < -0.3 is 0 Å². The van der Waals surface area contributed by atoms with Gasteiger partial charge in [-0.05, 0) is 25.3 Å². The molecule has 2 nitrogen and oxygen atoms in total. The van der Waals surface area contributed by atoms with Gasteiger partial charge in [0.15, 0.2) is 0 Å². The predicted molar refractivity (Wildman–Crippen MR) is 49.2 cm³/mol. The van der Waals surface area contributed by atoms with E-state index in [-0.39, 0.29) is 0 Å². The standard InChI is InChI=1S/C10H16N2/c1-3-9-7-10(11-12(9)2)8-5-4-6-8/h7-8H,3-6H2,1-2H3. The molecule has 1 fully saturated rings. The van der Waals surface area contributed by atoms with Gasteiger partial charge in [0.25, 0.3) is 0 Å². The van der Waals surface area contributed by atoms with Crippen LogP contribution < -0.4 is 0 Å². The fourth-order valence-corrected chi connectivity index (χ4v) is 1.76. The molecule has 0 aromatic carbocycles. The number of rotatable bonds is 2. The summed E-state index contributed by atoms with van der Waals surface area (Å²) in [6.45, 7) is 2.18. The molecule has 66 valence electrons. The van der Waals surface area contributed by atoms with Crippen molar-refractivity contribution in [3.8, 4) is 0 Å². The van der Waals surface area contributed by atoms with Crippen LogP contribution in [0.5, 0.6) is 0 Å². The summed E-state index contributed by atoms with van der Waals surface area (Å²) in [6, 6.07) is 2.27. The Morgan fingerprint density at radius 1 is 1.58 bits per heavy atom. The summed E-state index contributed by atoms with van der Waals surface area (Å²) < 4.78 is 2.02. The molecule has 2 heteroatoms. The molecule has 1 aromatic heterocycles. The average Bonchev–Trinajstić information content (AvgIpc) is 2.27. The third-order valence-corrected chi connectivity index (χ3v) is 2.88. The first kappa shape index (κ1) is 7.84. The third-order valence-electron chi connectivity index (χ3n) is 2.88. The monoisotopic (exact) mass is 164 g/mol. The highest BCUT2D eigenvalue weighted by Crippen LogP contribution is 2.35. The lowest BCUT2D eigenvalue weighted by atomic mass is 9.83. The van der Waals surface area contributed by atoms with Crippen LogP contribution in [0.4, 0.5) is 0 Å². The zero-order valence-electron chi connectivity index (χ0n) is 7.88. The van der Waals surface area contributed by atoms with Crippen LogP contribution >= 0.6 is 0 Å². The van der Waals surface area contributed by atoms with Crippen molar-refractivity contribution in [3.05, 3.63) is 17.5 Å². The van der Waals surface area contributed by atoms with Gasteiger partial charge in [0.2, 0.25) is 0 Å². The summed E-state index contributed by atoms with van der Waals surface area (Å²) in [5.74, 6) is 0.775. The van der Waals surface area contributed by atoms with E-state index in [4.69, 9.17) is 0 Å². The molecule has 12 heavy (non-hydrogen) atoms. The van der Waals surface area contributed by atoms with Gasteiger partial charge in [0, 0.05) is 18.7 Å². The van der Waals surface area contributed by atoms with Gasteiger partial charge in [-0.15, -0.1) is 0 Å². The van der Waals surface area contributed by atoms with Gasteiger partial charge in [0.1, 0.15) is 0 Å². The Morgan fingerprint density at radius 3 is 2.75 bits per heavy atom. The van der Waals surface area contributed by atoms with E-state index in [0.29, 0.717) is 0 Å². The molecule has 1 saturated carbocycles. The summed E-state index contributed by atoms with van der Waals surface area (Å²) in [5, 5.41) is 4.52. The van der Waals surface area contributed by atoms with Crippen LogP contribution in [-0.4, -0.2) is 9.78 Å². The molecule has 0 radical (unpaired) electrons. The molecule has 0 amide bonds. The number of aromatic nitrogens is 2. The molecule has 0 spiro atoms. The largest absolute Gasteiger partial charge is 0.272 e. The minimum atomic E-state index is 0.775. The van der Waals surface area contributed by atoms with Crippen molar-refractivity contribution in [1.82, 2.24) is 9.78 Å². The minimum Gasteiger partial charge on any atom is -0.272 e. The van der Waals surface area contributed by atoms with Gasteiger partial charge in [0.05, 0.1) is 5.69 Å². The SMILES string of the molecule is CCc1cc(C2CCC2)nn1C. The van der Waals surface area contributed by atoms with Crippen molar-refractivity contribution in [3.63, 3.8) is 0 Å². The second-order valence-electron chi connectivity index (χ2n) is 3.67. The fraction of sp³-hybridized carbons (Fsp3) is 0.700. The summed E-state index contributed by atoms with van der Waals surface area (Å²) >= 11 is 0. The van der Waals surface area contributed by atoms with E-state index in [0.717, 1.165) is 12.3 Å². The second-order valence-corrected chi connectivity index (χ2v) is 3.67. The highest BCUT2D eigenvalue weighted by molar-refractivity contribution is 5.16. The molecule has 0 bridgehead atoms. The molecule has 1 aromatic rings. The molecular formula is C10H16N2. The fourth-order valence-electron chi connectivity index (χ4n) is 1.76. The zero-order chi connectivity index (χ0) is 8.55. The van der Waals surface area contributed by atoms with Crippen molar-refractivity contribution in [2.75, 3.05) is 0 Å². The highest BCUT2D eigenvalue weighted by atomic mass is 15.3. The van der Waals surface area contributed by atoms with Crippen molar-refractivity contribution in [1.29, 1.82) is 0 Å². The molecule has 2 rings (SSSR count). The number of aryl methyl sites for hydroxylation is 2. The highest BCUT2D eigenvalue weighted by Gasteiger charge is 2.22. The Bertz CT molecular complexity index is 271. The minimum absolute atomic E-state index is 0.775. The van der Waals surface area contributed by atoms with Crippen LogP contribution in [0.2, 0.25) is 0 Å². The first-order chi connectivity index (χ1) is 5.81. The lowest BCUT2D eigenvalue weighted by molar-refractivity contribution is 0.407. The molecule has 1 aliphatic carbocycles. The maximum Gasteiger partial charge on any atom is 0.0658 e. The Morgan fingerprint density at radius 2 is 2.33 bits per heavy atom. The van der Waals surface area contributed by atoms with Crippen molar-refractivity contribution < 1.29 is 0 Å². The number of hydrogen-bond donors (Lipinski definition) is 0. The van der Waals surface area contributed by atoms with E-state index in [2.05, 4.69) is 18.1 Å². The van der Waals surface area contributed by atoms with E-state index in [1.54, 1.807) is 0 Å². The van der Waals surface area contributed by atoms with Crippen LogP contribution in [0.15, 0.2) is 6.07 Å². The van der Waals surface area contributed by atoms with Gasteiger partial charge in [-0.2, -0.15) is 5.10 Å². The van der Waals surface area contributed by atoms with E-state index in [1.165, 1.54) is 30.7 Å². The molecule has 0 saturated heterocycles. The van der Waals surface area contributed by atoms with Crippen LogP contribution in [0.3, 0.4) is 0 Å². The smallest absolute Gasteiger partial charge is 0.0658 e. The van der Waals surface area contributed by atoms with Crippen molar-refractivity contribution >= 4 is 0 Å². The maximum absolute atomic E-state index is 4.52. The molecule has 0 aliphatic heterocycles. The Kier molecular flexibility index (Phi) is 1.91. The maximum atomic E-state index is 4.52. The van der Waals surface area contributed by atoms with Crippen molar-refractivity contribution in [2.45, 2.75) is 38.5 Å². The summed E-state index contributed by atoms with van der Waals surface area (Å²) in [7, 11) is 2.04. The molecular weight excluding hydrogens is 148 g/mol. The van der Waals surface area contributed by atoms with Crippen LogP contribution in [0.25, 0.3) is 0 Å². The van der Waals surface area contributed by atoms with E-state index in [9.17, 15) is 0 Å². The van der Waals surface area contributed by atoms with E-state index >= 15 is 0 Å². The molecule has 1 heterocycles. The van der Waals surface area contributed by atoms with Crippen molar-refractivity contribution in [2.24, 2.45) is 7.05 Å². The van der Waals surface area contributed by atoms with E-state index in [1.807, 2.05) is 11.7 Å². The Balaban J connectivity index is 2.21. The lowest BCUT2D eigenvalue weighted by Gasteiger charge is -2.22. The molecule has 0 atom stereocenters. The number of nitrogens with zero attached hydrogens (tertiary/aromatic N) is 2. The van der Waals surface area contributed by atoms with Gasteiger partial charge in [-0.3, -0.25) is 4.68 Å². The lowest BCUT2D eigenvalue weighted by Crippen LogP contribution is -2.09. The average molecular weight is 164 g/mol.